The lowest BCUT2D eigenvalue weighted by Crippen LogP contribution is -2.27. The van der Waals surface area contributed by atoms with Gasteiger partial charge < -0.3 is 5.32 Å². The number of hydrogen-bond acceptors (Lipinski definition) is 2. The van der Waals surface area contributed by atoms with E-state index in [0.717, 1.165) is 0 Å². The Balaban J connectivity index is 2.54. The van der Waals surface area contributed by atoms with Gasteiger partial charge in [-0.1, -0.05) is 18.2 Å². The van der Waals surface area contributed by atoms with Gasteiger partial charge in [-0.3, -0.25) is 9.59 Å². The van der Waals surface area contributed by atoms with Crippen LogP contribution in [0.25, 0.3) is 0 Å². The SMILES string of the molecule is O=C(I)CNC(=O)c1ccccc1. The molecule has 0 saturated carbocycles. The molecule has 0 unspecified atom stereocenters. The van der Waals surface area contributed by atoms with E-state index < -0.39 is 0 Å². The van der Waals surface area contributed by atoms with E-state index in [1.165, 1.54) is 0 Å². The van der Waals surface area contributed by atoms with Crippen LogP contribution in [-0.2, 0) is 4.79 Å². The Hall–Kier alpha value is -0.910. The zero-order valence-electron chi connectivity index (χ0n) is 6.79. The van der Waals surface area contributed by atoms with E-state index in [9.17, 15) is 9.59 Å². The van der Waals surface area contributed by atoms with Crippen LogP contribution in [0.2, 0.25) is 0 Å². The smallest absolute Gasteiger partial charge is 0.251 e. The van der Waals surface area contributed by atoms with Gasteiger partial charge in [-0.15, -0.1) is 0 Å². The molecule has 1 rings (SSSR count). The number of benzene rings is 1. The largest absolute Gasteiger partial charge is 0.344 e. The highest BCUT2D eigenvalue weighted by molar-refractivity contribution is 14.1. The van der Waals surface area contributed by atoms with Gasteiger partial charge in [0.1, 0.15) is 0 Å². The van der Waals surface area contributed by atoms with Crippen molar-refractivity contribution in [3.8, 4) is 0 Å². The predicted octanol–water partition coefficient (Wildman–Crippen LogP) is 1.38. The summed E-state index contributed by atoms with van der Waals surface area (Å²) < 4.78 is -0.0816. The summed E-state index contributed by atoms with van der Waals surface area (Å²) in [5.74, 6) is -0.217. The standard InChI is InChI=1S/C9H8INO2/c10-8(12)6-11-9(13)7-4-2-1-3-5-7/h1-5H,6H2,(H,11,13). The second-order valence-corrected chi connectivity index (χ2v) is 3.61. The molecule has 0 radical (unpaired) electrons. The molecule has 4 heteroatoms. The molecule has 0 saturated heterocycles. The maximum atomic E-state index is 11.3. The first kappa shape index (κ1) is 10.2. The Kier molecular flexibility index (Phi) is 3.88. The van der Waals surface area contributed by atoms with E-state index in [1.54, 1.807) is 46.9 Å². The second kappa shape index (κ2) is 4.96. The Labute approximate surface area is 89.7 Å². The zero-order valence-corrected chi connectivity index (χ0v) is 8.95. The summed E-state index contributed by atoms with van der Waals surface area (Å²) in [6.45, 7) is 0.0777. The van der Waals surface area contributed by atoms with E-state index in [-0.39, 0.29) is 16.2 Å². The van der Waals surface area contributed by atoms with Crippen LogP contribution in [0, 0.1) is 0 Å². The highest BCUT2D eigenvalue weighted by Gasteiger charge is 2.04. The molecule has 0 atom stereocenters. The Morgan fingerprint density at radius 2 is 1.85 bits per heavy atom. The molecule has 13 heavy (non-hydrogen) atoms. The van der Waals surface area contributed by atoms with Crippen LogP contribution in [0.4, 0.5) is 0 Å². The van der Waals surface area contributed by atoms with Crippen LogP contribution >= 0.6 is 22.6 Å². The lowest BCUT2D eigenvalue weighted by molar-refractivity contribution is -0.108. The van der Waals surface area contributed by atoms with Gasteiger partial charge >= 0.3 is 0 Å². The van der Waals surface area contributed by atoms with Gasteiger partial charge in [0, 0.05) is 28.2 Å². The maximum Gasteiger partial charge on any atom is 0.251 e. The minimum Gasteiger partial charge on any atom is -0.344 e. The highest BCUT2D eigenvalue weighted by Crippen LogP contribution is 1.97. The van der Waals surface area contributed by atoms with Crippen LogP contribution < -0.4 is 5.32 Å². The molecule has 1 aromatic rings. The van der Waals surface area contributed by atoms with Crippen molar-refractivity contribution >= 4 is 32.3 Å². The first-order valence-corrected chi connectivity index (χ1v) is 4.79. The second-order valence-electron chi connectivity index (χ2n) is 2.40. The predicted molar refractivity (Wildman–Crippen MR) is 57.8 cm³/mol. The molecule has 68 valence electrons. The average molecular weight is 289 g/mol. The van der Waals surface area contributed by atoms with E-state index >= 15 is 0 Å². The van der Waals surface area contributed by atoms with Gasteiger partial charge in [0.15, 0.2) is 0 Å². The van der Waals surface area contributed by atoms with Gasteiger partial charge in [0.25, 0.3) is 5.91 Å². The lowest BCUT2D eigenvalue weighted by Gasteiger charge is -2.00. The van der Waals surface area contributed by atoms with Crippen molar-refractivity contribution < 1.29 is 9.59 Å². The summed E-state index contributed by atoms with van der Waals surface area (Å²) >= 11 is 1.64. The van der Waals surface area contributed by atoms with Crippen LogP contribution in [0.3, 0.4) is 0 Å². The van der Waals surface area contributed by atoms with Crippen LogP contribution in [-0.4, -0.2) is 16.2 Å². The fraction of sp³-hybridized carbons (Fsp3) is 0.111. The summed E-state index contributed by atoms with van der Waals surface area (Å²) in [6.07, 6.45) is 0. The maximum absolute atomic E-state index is 11.3. The quantitative estimate of drug-likeness (QED) is 0.675. The molecular weight excluding hydrogens is 281 g/mol. The van der Waals surface area contributed by atoms with Crippen molar-refractivity contribution in [3.63, 3.8) is 0 Å². The Morgan fingerprint density at radius 1 is 1.23 bits per heavy atom. The molecule has 0 aromatic heterocycles. The number of amides is 1. The minimum atomic E-state index is -0.217. The number of rotatable bonds is 3. The molecule has 1 aromatic carbocycles. The normalized spacial score (nSPS) is 9.31. The fourth-order valence-corrected chi connectivity index (χ4v) is 1.03. The third-order valence-corrected chi connectivity index (χ3v) is 1.81. The molecule has 0 heterocycles. The van der Waals surface area contributed by atoms with Gasteiger partial charge in [-0.25, -0.2) is 0 Å². The molecule has 3 nitrogen and oxygen atoms in total. The molecular formula is C9H8INO2. The van der Waals surface area contributed by atoms with Crippen molar-refractivity contribution in [1.82, 2.24) is 5.32 Å². The van der Waals surface area contributed by atoms with Gasteiger partial charge in [0.05, 0.1) is 6.54 Å². The third-order valence-electron chi connectivity index (χ3n) is 1.42. The van der Waals surface area contributed by atoms with Crippen molar-refractivity contribution in [2.75, 3.05) is 6.54 Å². The van der Waals surface area contributed by atoms with Crippen molar-refractivity contribution in [2.24, 2.45) is 0 Å². The molecule has 0 spiro atoms. The molecule has 0 bridgehead atoms. The van der Waals surface area contributed by atoms with E-state index in [4.69, 9.17) is 0 Å². The molecule has 1 N–H and O–H groups in total. The van der Waals surface area contributed by atoms with Crippen LogP contribution in [0.1, 0.15) is 10.4 Å². The van der Waals surface area contributed by atoms with E-state index in [2.05, 4.69) is 5.32 Å². The molecule has 0 fully saturated rings. The van der Waals surface area contributed by atoms with E-state index in [1.807, 2.05) is 6.07 Å². The van der Waals surface area contributed by atoms with Gasteiger partial charge in [-0.2, -0.15) is 0 Å². The summed E-state index contributed by atoms with van der Waals surface area (Å²) in [7, 11) is 0. The number of nitrogens with one attached hydrogen (secondary N) is 1. The number of carbonyl (C=O) groups is 2. The van der Waals surface area contributed by atoms with Crippen molar-refractivity contribution in [3.05, 3.63) is 35.9 Å². The lowest BCUT2D eigenvalue weighted by atomic mass is 10.2. The summed E-state index contributed by atoms with van der Waals surface area (Å²) in [4.78, 5) is 21.8. The highest BCUT2D eigenvalue weighted by atomic mass is 127. The molecule has 0 aliphatic carbocycles. The van der Waals surface area contributed by atoms with Crippen molar-refractivity contribution in [1.29, 1.82) is 0 Å². The van der Waals surface area contributed by atoms with Crippen LogP contribution in [0.5, 0.6) is 0 Å². The Bertz CT molecular complexity index is 311. The zero-order chi connectivity index (χ0) is 9.68. The fourth-order valence-electron chi connectivity index (χ4n) is 0.841. The molecule has 0 aliphatic rings. The van der Waals surface area contributed by atoms with Gasteiger partial charge in [-0.05, 0) is 12.1 Å². The average Bonchev–Trinajstić information content (AvgIpc) is 2.15. The number of carbonyl (C=O) groups excluding carboxylic acids is 2. The van der Waals surface area contributed by atoms with E-state index in [0.29, 0.717) is 5.56 Å². The topological polar surface area (TPSA) is 46.2 Å². The van der Waals surface area contributed by atoms with Crippen molar-refractivity contribution in [2.45, 2.75) is 0 Å². The minimum absolute atomic E-state index is 0.0777. The van der Waals surface area contributed by atoms with Gasteiger partial charge in [0.2, 0.25) is 3.79 Å². The molecule has 0 aliphatic heterocycles. The number of hydrogen-bond donors (Lipinski definition) is 1. The monoisotopic (exact) mass is 289 g/mol. The van der Waals surface area contributed by atoms with Crippen LogP contribution in [0.15, 0.2) is 30.3 Å². The molecule has 1 amide bonds. The summed E-state index contributed by atoms with van der Waals surface area (Å²) in [5.41, 5.74) is 0.570. The first-order valence-electron chi connectivity index (χ1n) is 3.72. The first-order chi connectivity index (χ1) is 6.20. The summed E-state index contributed by atoms with van der Waals surface area (Å²) in [5, 5.41) is 2.50. The Morgan fingerprint density at radius 3 is 2.38 bits per heavy atom. The summed E-state index contributed by atoms with van der Waals surface area (Å²) in [6, 6.07) is 8.79. The third kappa shape index (κ3) is 3.54. The number of halogens is 1.